The Morgan fingerprint density at radius 1 is 1.22 bits per heavy atom. The Labute approximate surface area is 110 Å². The fourth-order valence-corrected chi connectivity index (χ4v) is 1.80. The number of ether oxygens (including phenoxy) is 1. The van der Waals surface area contributed by atoms with Crippen LogP contribution >= 0.6 is 11.6 Å². The van der Waals surface area contributed by atoms with Gasteiger partial charge in [0, 0.05) is 0 Å². The van der Waals surface area contributed by atoms with Crippen molar-refractivity contribution in [1.29, 1.82) is 0 Å². The minimum absolute atomic E-state index is 0.0105. The highest BCUT2D eigenvalue weighted by atomic mass is 35.5. The molecule has 0 unspecified atom stereocenters. The molecule has 0 aromatic heterocycles. The van der Waals surface area contributed by atoms with E-state index in [2.05, 4.69) is 0 Å². The van der Waals surface area contributed by atoms with Crippen molar-refractivity contribution in [2.45, 2.75) is 13.5 Å². The summed E-state index contributed by atoms with van der Waals surface area (Å²) in [6.07, 6.45) is 0. The van der Waals surface area contributed by atoms with Crippen LogP contribution in [0.4, 0.5) is 4.39 Å². The lowest BCUT2D eigenvalue weighted by Crippen LogP contribution is -1.91. The van der Waals surface area contributed by atoms with E-state index in [0.717, 1.165) is 11.1 Å². The summed E-state index contributed by atoms with van der Waals surface area (Å²) in [6.45, 7) is 1.87. The third-order valence-corrected chi connectivity index (χ3v) is 2.90. The zero-order valence-electron chi connectivity index (χ0n) is 9.78. The maximum atomic E-state index is 12.9. The predicted octanol–water partition coefficient (Wildman–Crippen LogP) is 4.07. The first kappa shape index (κ1) is 12.9. The van der Waals surface area contributed by atoms with Crippen LogP contribution in [0.15, 0.2) is 36.4 Å². The summed E-state index contributed by atoms with van der Waals surface area (Å²) < 4.78 is 18.4. The van der Waals surface area contributed by atoms with Crippen molar-refractivity contribution in [2.75, 3.05) is 0 Å². The number of aliphatic hydroxyl groups is 1. The van der Waals surface area contributed by atoms with Gasteiger partial charge < -0.3 is 9.84 Å². The lowest BCUT2D eigenvalue weighted by Gasteiger charge is -2.10. The molecule has 0 aliphatic rings. The van der Waals surface area contributed by atoms with E-state index in [9.17, 15) is 4.39 Å². The molecule has 0 aliphatic carbocycles. The number of hydrogen-bond acceptors (Lipinski definition) is 2. The molecule has 0 saturated carbocycles. The highest BCUT2D eigenvalue weighted by Crippen LogP contribution is 2.30. The Balaban J connectivity index is 2.26. The summed E-state index contributed by atoms with van der Waals surface area (Å²) >= 11 is 5.87. The van der Waals surface area contributed by atoms with E-state index in [0.29, 0.717) is 11.5 Å². The number of benzene rings is 2. The Bertz CT molecular complexity index is 570. The topological polar surface area (TPSA) is 29.5 Å². The standard InChI is InChI=1S/C14H12ClFO2/c1-9-6-12(4-2-10(9)8-17)18-14-5-3-11(16)7-13(14)15/h2-7,17H,8H2,1H3. The SMILES string of the molecule is Cc1cc(Oc2ccc(F)cc2Cl)ccc1CO. The van der Waals surface area contributed by atoms with E-state index in [1.165, 1.54) is 18.2 Å². The fourth-order valence-electron chi connectivity index (χ4n) is 1.59. The lowest BCUT2D eigenvalue weighted by atomic mass is 10.1. The second kappa shape index (κ2) is 5.38. The van der Waals surface area contributed by atoms with Crippen molar-refractivity contribution in [3.63, 3.8) is 0 Å². The van der Waals surface area contributed by atoms with Crippen molar-refractivity contribution in [1.82, 2.24) is 0 Å². The highest BCUT2D eigenvalue weighted by molar-refractivity contribution is 6.32. The van der Waals surface area contributed by atoms with Gasteiger partial charge in [-0.2, -0.15) is 0 Å². The maximum absolute atomic E-state index is 12.9. The minimum Gasteiger partial charge on any atom is -0.456 e. The minimum atomic E-state index is -0.404. The molecular formula is C14H12ClFO2. The third-order valence-electron chi connectivity index (χ3n) is 2.61. The van der Waals surface area contributed by atoms with Gasteiger partial charge in [0.05, 0.1) is 11.6 Å². The first-order chi connectivity index (χ1) is 8.60. The summed E-state index contributed by atoms with van der Waals surface area (Å²) in [5.74, 6) is 0.589. The lowest BCUT2D eigenvalue weighted by molar-refractivity contribution is 0.281. The van der Waals surface area contributed by atoms with Gasteiger partial charge in [0.2, 0.25) is 0 Å². The number of hydrogen-bond donors (Lipinski definition) is 1. The summed E-state index contributed by atoms with van der Waals surface area (Å²) in [5.41, 5.74) is 1.76. The number of rotatable bonds is 3. The van der Waals surface area contributed by atoms with E-state index >= 15 is 0 Å². The zero-order chi connectivity index (χ0) is 13.1. The van der Waals surface area contributed by atoms with Gasteiger partial charge in [-0.05, 0) is 48.4 Å². The van der Waals surface area contributed by atoms with Crippen molar-refractivity contribution < 1.29 is 14.2 Å². The molecule has 0 heterocycles. The summed E-state index contributed by atoms with van der Waals surface area (Å²) in [7, 11) is 0. The smallest absolute Gasteiger partial charge is 0.146 e. The molecule has 94 valence electrons. The van der Waals surface area contributed by atoms with Crippen LogP contribution < -0.4 is 4.74 Å². The summed E-state index contributed by atoms with van der Waals surface area (Å²) in [5, 5.41) is 9.29. The molecule has 4 heteroatoms. The molecule has 2 aromatic carbocycles. The Hall–Kier alpha value is -1.58. The fraction of sp³-hybridized carbons (Fsp3) is 0.143. The van der Waals surface area contributed by atoms with E-state index in [1.807, 2.05) is 6.92 Å². The molecule has 1 N–H and O–H groups in total. The molecule has 18 heavy (non-hydrogen) atoms. The summed E-state index contributed by atoms with van der Waals surface area (Å²) in [6, 6.07) is 9.28. The van der Waals surface area contributed by atoms with Crippen LogP contribution in [0.2, 0.25) is 5.02 Å². The van der Waals surface area contributed by atoms with Gasteiger partial charge in [-0.15, -0.1) is 0 Å². The number of aliphatic hydroxyl groups excluding tert-OH is 1. The number of halogens is 2. The normalized spacial score (nSPS) is 10.4. The van der Waals surface area contributed by atoms with Gasteiger partial charge in [-0.1, -0.05) is 17.7 Å². The maximum Gasteiger partial charge on any atom is 0.146 e. The quantitative estimate of drug-likeness (QED) is 0.907. The Morgan fingerprint density at radius 2 is 2.00 bits per heavy atom. The Morgan fingerprint density at radius 3 is 2.61 bits per heavy atom. The second-order valence-electron chi connectivity index (χ2n) is 3.92. The first-order valence-corrected chi connectivity index (χ1v) is 5.81. The van der Waals surface area contributed by atoms with Gasteiger partial charge in [0.25, 0.3) is 0 Å². The average Bonchev–Trinajstić information content (AvgIpc) is 2.33. The van der Waals surface area contributed by atoms with Crippen molar-refractivity contribution in [3.8, 4) is 11.5 Å². The van der Waals surface area contributed by atoms with Crippen LogP contribution in [0.25, 0.3) is 0 Å². The van der Waals surface area contributed by atoms with E-state index in [1.54, 1.807) is 18.2 Å². The van der Waals surface area contributed by atoms with Gasteiger partial charge in [0.1, 0.15) is 17.3 Å². The average molecular weight is 267 g/mol. The van der Waals surface area contributed by atoms with Crippen molar-refractivity contribution in [3.05, 3.63) is 58.4 Å². The first-order valence-electron chi connectivity index (χ1n) is 5.43. The van der Waals surface area contributed by atoms with E-state index in [-0.39, 0.29) is 11.6 Å². The van der Waals surface area contributed by atoms with Crippen LogP contribution in [-0.2, 0) is 6.61 Å². The molecule has 0 bridgehead atoms. The molecule has 0 atom stereocenters. The summed E-state index contributed by atoms with van der Waals surface area (Å²) in [4.78, 5) is 0. The van der Waals surface area contributed by atoms with Crippen LogP contribution in [0.3, 0.4) is 0 Å². The van der Waals surface area contributed by atoms with Gasteiger partial charge >= 0.3 is 0 Å². The monoisotopic (exact) mass is 266 g/mol. The van der Waals surface area contributed by atoms with Crippen LogP contribution in [0.5, 0.6) is 11.5 Å². The van der Waals surface area contributed by atoms with E-state index < -0.39 is 5.82 Å². The molecule has 0 fully saturated rings. The van der Waals surface area contributed by atoms with Crippen LogP contribution in [-0.4, -0.2) is 5.11 Å². The second-order valence-corrected chi connectivity index (χ2v) is 4.33. The molecule has 0 amide bonds. The molecule has 2 aromatic rings. The van der Waals surface area contributed by atoms with Gasteiger partial charge in [0.15, 0.2) is 0 Å². The molecule has 0 saturated heterocycles. The molecule has 0 spiro atoms. The van der Waals surface area contributed by atoms with Gasteiger partial charge in [-0.25, -0.2) is 4.39 Å². The molecule has 0 radical (unpaired) electrons. The van der Waals surface area contributed by atoms with Crippen molar-refractivity contribution in [2.24, 2.45) is 0 Å². The number of aryl methyl sites for hydroxylation is 1. The van der Waals surface area contributed by atoms with Crippen LogP contribution in [0, 0.1) is 12.7 Å². The molecular weight excluding hydrogens is 255 g/mol. The molecule has 2 rings (SSSR count). The predicted molar refractivity (Wildman–Crippen MR) is 68.6 cm³/mol. The van der Waals surface area contributed by atoms with Crippen LogP contribution in [0.1, 0.15) is 11.1 Å². The molecule has 2 nitrogen and oxygen atoms in total. The third kappa shape index (κ3) is 2.81. The zero-order valence-corrected chi connectivity index (χ0v) is 10.5. The molecule has 0 aliphatic heterocycles. The van der Waals surface area contributed by atoms with E-state index in [4.69, 9.17) is 21.4 Å². The Kier molecular flexibility index (Phi) is 3.84. The largest absolute Gasteiger partial charge is 0.456 e. The van der Waals surface area contributed by atoms with Gasteiger partial charge in [-0.3, -0.25) is 0 Å². The highest BCUT2D eigenvalue weighted by Gasteiger charge is 2.06. The van der Waals surface area contributed by atoms with Crippen molar-refractivity contribution >= 4 is 11.6 Å².